The van der Waals surface area contributed by atoms with Crippen LogP contribution in [-0.2, 0) is 0 Å². The third kappa shape index (κ3) is 5.61. The van der Waals surface area contributed by atoms with Crippen molar-refractivity contribution < 1.29 is 0 Å². The van der Waals surface area contributed by atoms with Gasteiger partial charge in [0.25, 0.3) is 0 Å². The van der Waals surface area contributed by atoms with Gasteiger partial charge in [0.05, 0.1) is 0 Å². The molecule has 0 aliphatic carbocycles. The van der Waals surface area contributed by atoms with Gasteiger partial charge in [-0.05, 0) is 125 Å². The van der Waals surface area contributed by atoms with Crippen LogP contribution in [0.15, 0.2) is 224 Å². The van der Waals surface area contributed by atoms with Crippen LogP contribution in [0.4, 0.5) is 17.1 Å². The van der Waals surface area contributed by atoms with Crippen molar-refractivity contribution in [2.24, 2.45) is 0 Å². The third-order valence-corrected chi connectivity index (χ3v) is 13.4. The number of hydrogen-bond acceptors (Lipinski definition) is 2. The van der Waals surface area contributed by atoms with Gasteiger partial charge in [-0.1, -0.05) is 176 Å². The topological polar surface area (TPSA) is 3.24 Å². The molecular formula is C58H37NS. The van der Waals surface area contributed by atoms with E-state index >= 15 is 0 Å². The molecule has 2 heteroatoms. The van der Waals surface area contributed by atoms with E-state index < -0.39 is 0 Å². The van der Waals surface area contributed by atoms with Crippen LogP contribution in [0.2, 0.25) is 0 Å². The second-order valence-electron chi connectivity index (χ2n) is 15.6. The Bertz CT molecular complexity index is 3590. The molecule has 0 bridgehead atoms. The smallest absolute Gasteiger partial charge is 0.0468 e. The zero-order chi connectivity index (χ0) is 39.6. The van der Waals surface area contributed by atoms with E-state index in [4.69, 9.17) is 0 Å². The second-order valence-corrected chi connectivity index (χ2v) is 16.7. The number of benzene rings is 11. The van der Waals surface area contributed by atoms with Crippen molar-refractivity contribution in [2.75, 3.05) is 4.90 Å². The molecule has 60 heavy (non-hydrogen) atoms. The summed E-state index contributed by atoms with van der Waals surface area (Å²) in [4.78, 5) is 2.44. The summed E-state index contributed by atoms with van der Waals surface area (Å²) in [7, 11) is 0. The minimum Gasteiger partial charge on any atom is -0.310 e. The highest BCUT2D eigenvalue weighted by molar-refractivity contribution is 7.25. The Morgan fingerprint density at radius 2 is 0.783 bits per heavy atom. The predicted molar refractivity (Wildman–Crippen MR) is 260 cm³/mol. The van der Waals surface area contributed by atoms with E-state index in [1.165, 1.54) is 96.6 Å². The molecule has 0 amide bonds. The number of anilines is 3. The van der Waals surface area contributed by atoms with Crippen LogP contribution in [-0.4, -0.2) is 0 Å². The Morgan fingerprint density at radius 3 is 1.55 bits per heavy atom. The van der Waals surface area contributed by atoms with Gasteiger partial charge in [-0.15, -0.1) is 11.3 Å². The normalized spacial score (nSPS) is 11.7. The molecule has 0 atom stereocenters. The van der Waals surface area contributed by atoms with Crippen molar-refractivity contribution in [1.29, 1.82) is 0 Å². The number of thiophene rings is 1. The molecule has 0 unspecified atom stereocenters. The molecule has 0 radical (unpaired) electrons. The first-order chi connectivity index (χ1) is 29.8. The van der Waals surface area contributed by atoms with Gasteiger partial charge in [0.1, 0.15) is 0 Å². The highest BCUT2D eigenvalue weighted by atomic mass is 32.1. The number of hydrogen-bond donors (Lipinski definition) is 0. The predicted octanol–water partition coefficient (Wildman–Crippen LogP) is 17.1. The Hall–Kier alpha value is -7.52. The van der Waals surface area contributed by atoms with E-state index in [1.807, 2.05) is 11.3 Å². The van der Waals surface area contributed by atoms with Crippen molar-refractivity contribution in [3.63, 3.8) is 0 Å². The standard InChI is InChI=1S/C58H37NS/c1-3-15-40(16-4-1)57-52-22-10-9-20-48(52)50-34-31-43(37-54(50)58(57)41-17-5-2-6-18-41)59(44-32-35-56-53(36-44)51-21-11-12-25-55(51)60-56)42-29-26-39(27-30-42)46-23-13-24-47-45-19-8-7-14-38(45)28-33-49(46)47/h1-37H. The molecule has 280 valence electrons. The minimum absolute atomic E-state index is 1.10. The maximum atomic E-state index is 2.44. The van der Waals surface area contributed by atoms with Crippen molar-refractivity contribution in [2.45, 2.75) is 0 Å². The lowest BCUT2D eigenvalue weighted by molar-refractivity contribution is 1.30. The molecule has 12 aromatic rings. The quantitative estimate of drug-likeness (QED) is 0.152. The Kier molecular flexibility index (Phi) is 8.11. The summed E-state index contributed by atoms with van der Waals surface area (Å²) in [5.74, 6) is 0. The maximum Gasteiger partial charge on any atom is 0.0468 e. The Morgan fingerprint density at radius 1 is 0.267 bits per heavy atom. The van der Waals surface area contributed by atoms with Gasteiger partial charge in [-0.2, -0.15) is 0 Å². The summed E-state index contributed by atoms with van der Waals surface area (Å²) in [6.07, 6.45) is 0. The van der Waals surface area contributed by atoms with Gasteiger partial charge in [0.2, 0.25) is 0 Å². The van der Waals surface area contributed by atoms with Gasteiger partial charge in [-0.25, -0.2) is 0 Å². The first-order valence-corrected chi connectivity index (χ1v) is 21.4. The molecule has 0 spiro atoms. The minimum atomic E-state index is 1.10. The van der Waals surface area contributed by atoms with E-state index in [0.29, 0.717) is 0 Å². The van der Waals surface area contributed by atoms with Crippen LogP contribution in [0, 0.1) is 0 Å². The SMILES string of the molecule is c1ccc(-c2c(-c3ccccc3)c3cc(N(c4ccc(-c5cccc6c5ccc5ccccc56)cc4)c4ccc5sc6ccccc6c5c4)ccc3c3ccccc23)cc1. The molecule has 1 heterocycles. The molecule has 0 aliphatic heterocycles. The fourth-order valence-electron chi connectivity index (χ4n) is 9.51. The first kappa shape index (κ1) is 34.5. The van der Waals surface area contributed by atoms with Crippen LogP contribution in [0.5, 0.6) is 0 Å². The zero-order valence-electron chi connectivity index (χ0n) is 32.7. The highest BCUT2D eigenvalue weighted by Gasteiger charge is 2.21. The van der Waals surface area contributed by atoms with Gasteiger partial charge in [0, 0.05) is 37.2 Å². The average molecular weight is 780 g/mol. The molecule has 1 nitrogen and oxygen atoms in total. The summed E-state index contributed by atoms with van der Waals surface area (Å²) in [6.45, 7) is 0. The molecule has 0 N–H and O–H groups in total. The van der Waals surface area contributed by atoms with Crippen LogP contribution < -0.4 is 4.90 Å². The van der Waals surface area contributed by atoms with Crippen molar-refractivity contribution in [1.82, 2.24) is 0 Å². The number of rotatable bonds is 6. The molecule has 0 saturated carbocycles. The van der Waals surface area contributed by atoms with E-state index in [1.54, 1.807) is 0 Å². The van der Waals surface area contributed by atoms with Crippen molar-refractivity contribution in [3.8, 4) is 33.4 Å². The summed E-state index contributed by atoms with van der Waals surface area (Å²) in [6, 6.07) is 82.6. The molecule has 1 aromatic heterocycles. The number of fused-ring (bicyclic) bond motifs is 9. The van der Waals surface area contributed by atoms with Crippen LogP contribution in [0.1, 0.15) is 0 Å². The Balaban J connectivity index is 1.10. The molecule has 0 aliphatic rings. The summed E-state index contributed by atoms with van der Waals surface area (Å²) in [5, 5.41) is 12.6. The van der Waals surface area contributed by atoms with Crippen LogP contribution in [0.3, 0.4) is 0 Å². The van der Waals surface area contributed by atoms with Crippen molar-refractivity contribution >= 4 is 91.7 Å². The van der Waals surface area contributed by atoms with E-state index in [0.717, 1.165) is 17.1 Å². The number of nitrogens with zero attached hydrogens (tertiary/aromatic N) is 1. The molecule has 0 fully saturated rings. The lowest BCUT2D eigenvalue weighted by Gasteiger charge is -2.27. The van der Waals surface area contributed by atoms with E-state index in [-0.39, 0.29) is 0 Å². The monoisotopic (exact) mass is 779 g/mol. The van der Waals surface area contributed by atoms with Crippen LogP contribution in [0.25, 0.3) is 96.6 Å². The third-order valence-electron chi connectivity index (χ3n) is 12.2. The lowest BCUT2D eigenvalue weighted by atomic mass is 9.85. The van der Waals surface area contributed by atoms with Gasteiger partial charge >= 0.3 is 0 Å². The van der Waals surface area contributed by atoms with E-state index in [9.17, 15) is 0 Å². The van der Waals surface area contributed by atoms with Gasteiger partial charge in [0.15, 0.2) is 0 Å². The fourth-order valence-corrected chi connectivity index (χ4v) is 10.6. The molecule has 0 saturated heterocycles. The summed E-state index contributed by atoms with van der Waals surface area (Å²) >= 11 is 1.86. The highest BCUT2D eigenvalue weighted by Crippen LogP contribution is 2.48. The first-order valence-electron chi connectivity index (χ1n) is 20.6. The van der Waals surface area contributed by atoms with Crippen LogP contribution >= 0.6 is 11.3 Å². The zero-order valence-corrected chi connectivity index (χ0v) is 33.5. The second kappa shape index (κ2) is 14.1. The van der Waals surface area contributed by atoms with Gasteiger partial charge < -0.3 is 4.90 Å². The average Bonchev–Trinajstić information content (AvgIpc) is 3.70. The fraction of sp³-hybridized carbons (Fsp3) is 0. The van der Waals surface area contributed by atoms with Gasteiger partial charge in [-0.3, -0.25) is 0 Å². The largest absolute Gasteiger partial charge is 0.310 e. The Labute approximate surface area is 352 Å². The van der Waals surface area contributed by atoms with E-state index in [2.05, 4.69) is 229 Å². The molecule has 11 aromatic carbocycles. The summed E-state index contributed by atoms with van der Waals surface area (Å²) < 4.78 is 2.60. The molecule has 12 rings (SSSR count). The lowest BCUT2D eigenvalue weighted by Crippen LogP contribution is -2.10. The van der Waals surface area contributed by atoms with Crippen molar-refractivity contribution in [3.05, 3.63) is 224 Å². The molecular weight excluding hydrogens is 743 g/mol. The summed E-state index contributed by atoms with van der Waals surface area (Å²) in [5.41, 5.74) is 10.7. The maximum absolute atomic E-state index is 2.44.